The minimum atomic E-state index is -0.708. The lowest BCUT2D eigenvalue weighted by molar-refractivity contribution is -0.147. The molecule has 0 radical (unpaired) electrons. The third kappa shape index (κ3) is 1.72. The van der Waals surface area contributed by atoms with E-state index in [1.165, 1.54) is 4.90 Å². The van der Waals surface area contributed by atoms with Crippen LogP contribution in [0.2, 0.25) is 0 Å². The summed E-state index contributed by atoms with van der Waals surface area (Å²) in [5.41, 5.74) is 0. The fourth-order valence-electron chi connectivity index (χ4n) is 3.92. The Kier molecular flexibility index (Phi) is 3.15. The van der Waals surface area contributed by atoms with Crippen molar-refractivity contribution in [1.82, 2.24) is 10.2 Å². The lowest BCUT2D eigenvalue weighted by Crippen LogP contribution is -2.48. The zero-order valence-electron chi connectivity index (χ0n) is 11.8. The lowest BCUT2D eigenvalue weighted by Gasteiger charge is -2.38. The van der Waals surface area contributed by atoms with E-state index in [9.17, 15) is 14.4 Å². The van der Waals surface area contributed by atoms with Crippen LogP contribution in [-0.2, 0) is 14.4 Å². The molecule has 4 aliphatic rings. The van der Waals surface area contributed by atoms with Gasteiger partial charge in [-0.05, 0) is 38.5 Å². The molecule has 1 saturated heterocycles. The predicted molar refractivity (Wildman–Crippen MR) is 72.3 cm³/mol. The fraction of sp³-hybridized carbons (Fsp3) is 0.667. The number of allylic oxidation sites excluding steroid dienone is 2. The average molecular weight is 276 g/mol. The van der Waals surface area contributed by atoms with Gasteiger partial charge in [-0.3, -0.25) is 19.3 Å². The average Bonchev–Trinajstić information content (AvgIpc) is 2.74. The Bertz CT molecular complexity index is 467. The zero-order valence-corrected chi connectivity index (χ0v) is 11.8. The van der Waals surface area contributed by atoms with Crippen LogP contribution in [0.25, 0.3) is 0 Å². The van der Waals surface area contributed by atoms with Gasteiger partial charge in [-0.1, -0.05) is 12.2 Å². The van der Waals surface area contributed by atoms with Gasteiger partial charge in [0, 0.05) is 6.54 Å². The monoisotopic (exact) mass is 276 g/mol. The number of fused-ring (bicyclic) bond motifs is 1. The molecule has 1 N–H and O–H groups in total. The maximum absolute atomic E-state index is 12.6. The molecule has 5 nitrogen and oxygen atoms in total. The third-order valence-electron chi connectivity index (χ3n) is 4.91. The number of hydrogen-bond donors (Lipinski definition) is 1. The Morgan fingerprint density at radius 1 is 1.25 bits per heavy atom. The number of likely N-dealkylation sites (tertiary alicyclic amines) is 1. The molecule has 3 amide bonds. The van der Waals surface area contributed by atoms with Crippen molar-refractivity contribution in [2.45, 2.75) is 32.7 Å². The zero-order chi connectivity index (χ0) is 14.4. The van der Waals surface area contributed by atoms with E-state index in [0.29, 0.717) is 6.54 Å². The molecule has 0 aromatic carbocycles. The van der Waals surface area contributed by atoms with Gasteiger partial charge in [-0.15, -0.1) is 0 Å². The number of carbonyl (C=O) groups excluding carboxylic acids is 3. The molecule has 1 saturated carbocycles. The smallest absolute Gasteiger partial charge is 0.243 e. The van der Waals surface area contributed by atoms with Crippen LogP contribution in [-0.4, -0.2) is 35.2 Å². The van der Waals surface area contributed by atoms with E-state index in [1.54, 1.807) is 6.92 Å². The molecule has 5 heteroatoms. The molecule has 1 heterocycles. The summed E-state index contributed by atoms with van der Waals surface area (Å²) in [6.07, 6.45) is 6.12. The number of amides is 3. The van der Waals surface area contributed by atoms with Crippen molar-refractivity contribution in [2.75, 3.05) is 6.54 Å². The molecule has 108 valence electrons. The first-order valence-corrected chi connectivity index (χ1v) is 7.39. The molecular weight excluding hydrogens is 256 g/mol. The second kappa shape index (κ2) is 4.72. The first-order valence-electron chi connectivity index (χ1n) is 7.39. The molecular formula is C15H20N2O3. The highest BCUT2D eigenvalue weighted by molar-refractivity contribution is 6.08. The maximum Gasteiger partial charge on any atom is 0.243 e. The van der Waals surface area contributed by atoms with E-state index in [0.717, 1.165) is 12.8 Å². The molecule has 4 rings (SSSR count). The van der Waals surface area contributed by atoms with Crippen molar-refractivity contribution < 1.29 is 14.4 Å². The van der Waals surface area contributed by atoms with Crippen LogP contribution in [0.3, 0.4) is 0 Å². The van der Waals surface area contributed by atoms with Crippen LogP contribution in [0.1, 0.15) is 26.7 Å². The van der Waals surface area contributed by atoms with Crippen LogP contribution < -0.4 is 5.32 Å². The molecule has 0 unspecified atom stereocenters. The van der Waals surface area contributed by atoms with Crippen molar-refractivity contribution in [3.8, 4) is 0 Å². The van der Waals surface area contributed by atoms with Crippen molar-refractivity contribution in [2.24, 2.45) is 23.7 Å². The third-order valence-corrected chi connectivity index (χ3v) is 4.91. The highest BCUT2D eigenvalue weighted by Gasteiger charge is 2.57. The molecule has 0 aromatic rings. The Labute approximate surface area is 118 Å². The quantitative estimate of drug-likeness (QED) is 0.610. The molecule has 20 heavy (non-hydrogen) atoms. The summed E-state index contributed by atoms with van der Waals surface area (Å²) >= 11 is 0. The Hall–Kier alpha value is -1.65. The molecule has 3 aliphatic carbocycles. The van der Waals surface area contributed by atoms with Crippen molar-refractivity contribution in [3.05, 3.63) is 12.2 Å². The number of nitrogens with one attached hydrogen (secondary N) is 1. The van der Waals surface area contributed by atoms with E-state index in [-0.39, 0.29) is 41.4 Å². The fourth-order valence-corrected chi connectivity index (χ4v) is 3.92. The minimum Gasteiger partial charge on any atom is -0.355 e. The van der Waals surface area contributed by atoms with Crippen LogP contribution in [0.15, 0.2) is 12.2 Å². The van der Waals surface area contributed by atoms with Gasteiger partial charge in [0.15, 0.2) is 0 Å². The van der Waals surface area contributed by atoms with Gasteiger partial charge in [0.05, 0.1) is 11.8 Å². The molecule has 1 aliphatic heterocycles. The summed E-state index contributed by atoms with van der Waals surface area (Å²) in [4.78, 5) is 38.3. The van der Waals surface area contributed by atoms with Crippen LogP contribution in [0.5, 0.6) is 0 Å². The summed E-state index contributed by atoms with van der Waals surface area (Å²) in [5, 5.41) is 2.68. The summed E-state index contributed by atoms with van der Waals surface area (Å²) in [5.74, 6) is -0.684. The summed E-state index contributed by atoms with van der Waals surface area (Å²) in [7, 11) is 0. The van der Waals surface area contributed by atoms with Gasteiger partial charge in [0.1, 0.15) is 6.04 Å². The van der Waals surface area contributed by atoms with Gasteiger partial charge in [-0.25, -0.2) is 0 Å². The minimum absolute atomic E-state index is 0.155. The SMILES string of the molecule is CCNC(=O)[C@H](C)N1C(=O)[C@H]2[C@H](C1=O)[C@H]1C=C[C@H]2CC1. The lowest BCUT2D eigenvalue weighted by atomic mass is 9.63. The van der Waals surface area contributed by atoms with E-state index < -0.39 is 6.04 Å². The Morgan fingerprint density at radius 2 is 1.75 bits per heavy atom. The number of hydrogen-bond acceptors (Lipinski definition) is 3. The number of carbonyl (C=O) groups is 3. The topological polar surface area (TPSA) is 66.5 Å². The van der Waals surface area contributed by atoms with E-state index in [2.05, 4.69) is 17.5 Å². The van der Waals surface area contributed by atoms with Crippen molar-refractivity contribution >= 4 is 17.7 Å². The largest absolute Gasteiger partial charge is 0.355 e. The second-order valence-electron chi connectivity index (χ2n) is 5.96. The standard InChI is InChI=1S/C15H20N2O3/c1-3-16-13(18)8(2)17-14(19)11-9-4-5-10(7-6-9)12(11)15(17)20/h4-5,8-12H,3,6-7H2,1-2H3,(H,16,18)/t8-,9-,10-,11+,12+/m0/s1. The summed E-state index contributed by atoms with van der Waals surface area (Å²) in [6.45, 7) is 3.95. The van der Waals surface area contributed by atoms with Gasteiger partial charge < -0.3 is 5.32 Å². The van der Waals surface area contributed by atoms with E-state index >= 15 is 0 Å². The first-order chi connectivity index (χ1) is 9.56. The number of imide groups is 1. The highest BCUT2D eigenvalue weighted by Crippen LogP contribution is 2.49. The first kappa shape index (κ1) is 13.3. The molecule has 0 spiro atoms. The van der Waals surface area contributed by atoms with Crippen molar-refractivity contribution in [3.63, 3.8) is 0 Å². The van der Waals surface area contributed by atoms with E-state index in [1.807, 2.05) is 6.92 Å². The maximum atomic E-state index is 12.6. The Morgan fingerprint density at radius 3 is 2.15 bits per heavy atom. The van der Waals surface area contributed by atoms with Crippen LogP contribution in [0.4, 0.5) is 0 Å². The molecule has 2 fully saturated rings. The number of nitrogens with zero attached hydrogens (tertiary/aromatic N) is 1. The van der Waals surface area contributed by atoms with E-state index in [4.69, 9.17) is 0 Å². The summed E-state index contributed by atoms with van der Waals surface area (Å²) < 4.78 is 0. The highest BCUT2D eigenvalue weighted by atomic mass is 16.2. The van der Waals surface area contributed by atoms with Crippen molar-refractivity contribution in [1.29, 1.82) is 0 Å². The van der Waals surface area contributed by atoms with Crippen LogP contribution >= 0.6 is 0 Å². The van der Waals surface area contributed by atoms with Crippen LogP contribution in [0, 0.1) is 23.7 Å². The van der Waals surface area contributed by atoms with Gasteiger partial charge in [0.25, 0.3) is 0 Å². The second-order valence-corrected chi connectivity index (χ2v) is 5.96. The number of rotatable bonds is 3. The normalized spacial score (nSPS) is 36.2. The predicted octanol–water partition coefficient (Wildman–Crippen LogP) is 0.708. The van der Waals surface area contributed by atoms with Gasteiger partial charge in [0.2, 0.25) is 17.7 Å². The molecule has 0 aromatic heterocycles. The Balaban J connectivity index is 1.87. The molecule has 2 bridgehead atoms. The van der Waals surface area contributed by atoms with Gasteiger partial charge >= 0.3 is 0 Å². The molecule has 5 atom stereocenters. The summed E-state index contributed by atoms with van der Waals surface area (Å²) in [6, 6.07) is -0.708. The van der Waals surface area contributed by atoms with Gasteiger partial charge in [-0.2, -0.15) is 0 Å². The number of likely N-dealkylation sites (N-methyl/N-ethyl adjacent to an activating group) is 1.